The normalized spacial score (nSPS) is 15.3. The van der Waals surface area contributed by atoms with Crippen molar-refractivity contribution < 1.29 is 33.7 Å². The smallest absolute Gasteiger partial charge is 0.350 e. The number of ether oxygens (including phenoxy) is 3. The predicted octanol–water partition coefficient (Wildman–Crippen LogP) is 4.83. The molecule has 0 fully saturated rings. The number of amides is 1. The molecule has 1 atom stereocenters. The second-order valence-corrected chi connectivity index (χ2v) is 9.17. The standard InChI is InChI=1S/C28H26N2O7S/c1-5-37-27(34)25-16(2)29-28(38-25)30-23(18-12-14-20(35-3)21(15-18)36-4)22(24(32)26(30)33)19(31)13-11-17-9-7-6-8-10-17/h6-15,23,32H,5H2,1-4H3/b13-11+/t23-/m1/s1. The molecule has 1 amide bonds. The van der Waals surface area contributed by atoms with Crippen LogP contribution < -0.4 is 14.4 Å². The Morgan fingerprint density at radius 1 is 1.11 bits per heavy atom. The SMILES string of the molecule is CCOC(=O)c1sc(N2C(=O)C(O)=C(C(=O)/C=C/c3ccccc3)[C@H]2c2ccc(OC)c(OC)c2)nc1C. The number of aliphatic hydroxyl groups is 1. The molecule has 38 heavy (non-hydrogen) atoms. The van der Waals surface area contributed by atoms with Crippen LogP contribution in [0.25, 0.3) is 6.08 Å². The Labute approximate surface area is 223 Å². The summed E-state index contributed by atoms with van der Waals surface area (Å²) < 4.78 is 15.9. The molecule has 9 nitrogen and oxygen atoms in total. The molecular formula is C28H26N2O7S. The number of carbonyl (C=O) groups excluding carboxylic acids is 3. The molecule has 0 unspecified atom stereocenters. The van der Waals surface area contributed by atoms with E-state index in [9.17, 15) is 19.5 Å². The highest BCUT2D eigenvalue weighted by Crippen LogP contribution is 2.44. The number of aryl methyl sites for hydroxylation is 1. The number of carbonyl (C=O) groups is 3. The van der Waals surface area contributed by atoms with Gasteiger partial charge < -0.3 is 19.3 Å². The zero-order chi connectivity index (χ0) is 27.4. The van der Waals surface area contributed by atoms with Crippen molar-refractivity contribution in [3.63, 3.8) is 0 Å². The third-order valence-corrected chi connectivity index (χ3v) is 7.01. The minimum Gasteiger partial charge on any atom is -0.503 e. The van der Waals surface area contributed by atoms with Crippen LogP contribution in [0, 0.1) is 6.92 Å². The van der Waals surface area contributed by atoms with Crippen molar-refractivity contribution >= 4 is 40.2 Å². The lowest BCUT2D eigenvalue weighted by atomic mass is 9.95. The van der Waals surface area contributed by atoms with E-state index in [1.54, 1.807) is 38.1 Å². The van der Waals surface area contributed by atoms with Crippen molar-refractivity contribution in [3.05, 3.63) is 87.6 Å². The van der Waals surface area contributed by atoms with Crippen LogP contribution >= 0.6 is 11.3 Å². The first-order chi connectivity index (χ1) is 18.3. The molecule has 0 radical (unpaired) electrons. The van der Waals surface area contributed by atoms with Gasteiger partial charge in [0, 0.05) is 0 Å². The quantitative estimate of drug-likeness (QED) is 0.307. The molecule has 2 aromatic carbocycles. The van der Waals surface area contributed by atoms with Gasteiger partial charge in [-0.25, -0.2) is 9.78 Å². The second-order valence-electron chi connectivity index (χ2n) is 8.19. The summed E-state index contributed by atoms with van der Waals surface area (Å²) in [7, 11) is 2.96. The number of thiazole rings is 1. The highest BCUT2D eigenvalue weighted by molar-refractivity contribution is 7.17. The zero-order valence-electron chi connectivity index (χ0n) is 21.3. The second kappa shape index (κ2) is 11.3. The molecule has 0 saturated carbocycles. The summed E-state index contributed by atoms with van der Waals surface area (Å²) in [5, 5.41) is 11.1. The van der Waals surface area contributed by atoms with Gasteiger partial charge in [-0.05, 0) is 43.2 Å². The van der Waals surface area contributed by atoms with Crippen LogP contribution in [0.5, 0.6) is 11.5 Å². The first-order valence-electron chi connectivity index (χ1n) is 11.7. The summed E-state index contributed by atoms with van der Waals surface area (Å²) in [4.78, 5) is 45.1. The Morgan fingerprint density at radius 3 is 2.47 bits per heavy atom. The van der Waals surface area contributed by atoms with E-state index < -0.39 is 29.5 Å². The fourth-order valence-electron chi connectivity index (χ4n) is 4.09. The summed E-state index contributed by atoms with van der Waals surface area (Å²) in [5.74, 6) is -1.81. The molecular weight excluding hydrogens is 508 g/mol. The lowest BCUT2D eigenvalue weighted by Gasteiger charge is -2.25. The number of aromatic nitrogens is 1. The van der Waals surface area contributed by atoms with Gasteiger partial charge in [0.2, 0.25) is 0 Å². The average Bonchev–Trinajstić information content (AvgIpc) is 3.44. The van der Waals surface area contributed by atoms with Gasteiger partial charge in [-0.3, -0.25) is 14.5 Å². The summed E-state index contributed by atoms with van der Waals surface area (Å²) in [6.45, 7) is 3.49. The number of ketones is 1. The van der Waals surface area contributed by atoms with Crippen LogP contribution in [0.4, 0.5) is 5.13 Å². The number of methoxy groups -OCH3 is 2. The Kier molecular flexibility index (Phi) is 7.92. The van der Waals surface area contributed by atoms with Crippen LogP contribution in [0.3, 0.4) is 0 Å². The Balaban J connectivity index is 1.83. The van der Waals surface area contributed by atoms with E-state index in [2.05, 4.69) is 4.98 Å². The minimum atomic E-state index is -1.05. The lowest BCUT2D eigenvalue weighted by Crippen LogP contribution is -2.30. The molecule has 4 rings (SSSR count). The molecule has 0 spiro atoms. The van der Waals surface area contributed by atoms with Gasteiger partial charge in [0.05, 0.1) is 38.1 Å². The van der Waals surface area contributed by atoms with Gasteiger partial charge in [0.25, 0.3) is 5.91 Å². The minimum absolute atomic E-state index is 0.125. The number of anilines is 1. The average molecular weight is 535 g/mol. The van der Waals surface area contributed by atoms with Gasteiger partial charge in [0.1, 0.15) is 4.88 Å². The largest absolute Gasteiger partial charge is 0.503 e. The molecule has 1 aliphatic heterocycles. The molecule has 0 aliphatic carbocycles. The van der Waals surface area contributed by atoms with Crippen LogP contribution in [-0.2, 0) is 14.3 Å². The predicted molar refractivity (Wildman–Crippen MR) is 143 cm³/mol. The maximum absolute atomic E-state index is 13.4. The van der Waals surface area contributed by atoms with Crippen LogP contribution in [0.1, 0.15) is 39.5 Å². The van der Waals surface area contributed by atoms with Crippen molar-refractivity contribution in [2.75, 3.05) is 25.7 Å². The Morgan fingerprint density at radius 2 is 1.82 bits per heavy atom. The monoisotopic (exact) mass is 534 g/mol. The van der Waals surface area contributed by atoms with E-state index in [-0.39, 0.29) is 22.2 Å². The lowest BCUT2D eigenvalue weighted by molar-refractivity contribution is -0.117. The van der Waals surface area contributed by atoms with E-state index >= 15 is 0 Å². The molecule has 196 valence electrons. The van der Waals surface area contributed by atoms with E-state index in [1.807, 2.05) is 30.3 Å². The summed E-state index contributed by atoms with van der Waals surface area (Å²) in [6, 6.07) is 13.1. The highest BCUT2D eigenvalue weighted by atomic mass is 32.1. The fraction of sp³-hybridized carbons (Fsp3) is 0.214. The number of hydrogen-bond donors (Lipinski definition) is 1. The molecule has 1 aromatic heterocycles. The third kappa shape index (κ3) is 5.03. The first kappa shape index (κ1) is 26.6. The van der Waals surface area contributed by atoms with Gasteiger partial charge in [0.15, 0.2) is 28.2 Å². The van der Waals surface area contributed by atoms with Gasteiger partial charge in [-0.15, -0.1) is 0 Å². The Hall–Kier alpha value is -4.44. The molecule has 0 saturated heterocycles. The van der Waals surface area contributed by atoms with Crippen LogP contribution in [0.2, 0.25) is 0 Å². The van der Waals surface area contributed by atoms with Crippen molar-refractivity contribution in [1.29, 1.82) is 0 Å². The molecule has 2 heterocycles. The number of esters is 1. The van der Waals surface area contributed by atoms with Crippen LogP contribution in [-0.4, -0.2) is 48.6 Å². The number of allylic oxidation sites excluding steroid dienone is 1. The molecule has 0 bridgehead atoms. The van der Waals surface area contributed by atoms with E-state index in [1.165, 1.54) is 25.2 Å². The zero-order valence-corrected chi connectivity index (χ0v) is 22.1. The van der Waals surface area contributed by atoms with Crippen molar-refractivity contribution in [2.45, 2.75) is 19.9 Å². The topological polar surface area (TPSA) is 115 Å². The van der Waals surface area contributed by atoms with E-state index in [4.69, 9.17) is 14.2 Å². The Bertz CT molecular complexity index is 1440. The van der Waals surface area contributed by atoms with Crippen molar-refractivity contribution in [3.8, 4) is 11.5 Å². The number of benzene rings is 2. The van der Waals surface area contributed by atoms with E-state index in [0.29, 0.717) is 22.8 Å². The molecule has 10 heteroatoms. The fourth-order valence-corrected chi connectivity index (χ4v) is 5.08. The number of rotatable bonds is 9. The number of nitrogens with zero attached hydrogens (tertiary/aromatic N) is 2. The first-order valence-corrected chi connectivity index (χ1v) is 12.5. The maximum Gasteiger partial charge on any atom is 0.350 e. The van der Waals surface area contributed by atoms with E-state index in [0.717, 1.165) is 16.9 Å². The summed E-state index contributed by atoms with van der Waals surface area (Å²) >= 11 is 0.947. The van der Waals surface area contributed by atoms with Gasteiger partial charge >= 0.3 is 5.97 Å². The summed E-state index contributed by atoms with van der Waals surface area (Å²) in [6.07, 6.45) is 2.91. The van der Waals surface area contributed by atoms with Gasteiger partial charge in [-0.2, -0.15) is 0 Å². The molecule has 1 N–H and O–H groups in total. The number of hydrogen-bond acceptors (Lipinski definition) is 9. The molecule has 3 aromatic rings. The summed E-state index contributed by atoms with van der Waals surface area (Å²) in [5.41, 5.74) is 1.49. The van der Waals surface area contributed by atoms with Crippen molar-refractivity contribution in [1.82, 2.24) is 4.98 Å². The maximum atomic E-state index is 13.4. The van der Waals surface area contributed by atoms with Gasteiger partial charge in [-0.1, -0.05) is 53.8 Å². The van der Waals surface area contributed by atoms with Crippen LogP contribution in [0.15, 0.2) is 65.9 Å². The number of aliphatic hydroxyl groups excluding tert-OH is 1. The third-order valence-electron chi connectivity index (χ3n) is 5.88. The highest BCUT2D eigenvalue weighted by Gasteiger charge is 2.45. The van der Waals surface area contributed by atoms with Crippen molar-refractivity contribution in [2.24, 2.45) is 0 Å². The molecule has 1 aliphatic rings.